The smallest absolute Gasteiger partial charge is 0.264 e. The Morgan fingerprint density at radius 2 is 2.00 bits per heavy atom. The fourth-order valence-electron chi connectivity index (χ4n) is 4.17. The standard InChI is InChI=1S/C24H23N5O2S/c30-23(26-11-5-12-28-16-27-19-7-1-2-8-20(19)28)18-15-29(24(31)21-9-4-13-32-21)14-17-6-3-10-25-22(17)18/h1-4,6-10,13,16,18H,5,11-12,14-15H2,(H,26,30). The Hall–Kier alpha value is -3.52. The summed E-state index contributed by atoms with van der Waals surface area (Å²) in [6.07, 6.45) is 4.33. The number of thiophene rings is 1. The van der Waals surface area contributed by atoms with E-state index in [2.05, 4.69) is 19.9 Å². The van der Waals surface area contributed by atoms with Crippen molar-refractivity contribution in [3.63, 3.8) is 0 Å². The number of aryl methyl sites for hydroxylation is 1. The number of carbonyl (C=O) groups is 2. The van der Waals surface area contributed by atoms with Crippen molar-refractivity contribution in [2.45, 2.75) is 25.4 Å². The van der Waals surface area contributed by atoms with Gasteiger partial charge in [-0.2, -0.15) is 0 Å². The van der Waals surface area contributed by atoms with Gasteiger partial charge in [-0.1, -0.05) is 24.3 Å². The van der Waals surface area contributed by atoms with Crippen molar-refractivity contribution in [2.75, 3.05) is 13.1 Å². The first-order valence-corrected chi connectivity index (χ1v) is 11.5. The highest BCUT2D eigenvalue weighted by Gasteiger charge is 2.34. The molecule has 4 heterocycles. The summed E-state index contributed by atoms with van der Waals surface area (Å²) in [5, 5.41) is 4.94. The molecule has 0 saturated heterocycles. The molecule has 0 bridgehead atoms. The summed E-state index contributed by atoms with van der Waals surface area (Å²) in [4.78, 5) is 37.3. The topological polar surface area (TPSA) is 80.1 Å². The summed E-state index contributed by atoms with van der Waals surface area (Å²) in [6, 6.07) is 15.5. The van der Waals surface area contributed by atoms with Crippen molar-refractivity contribution in [3.8, 4) is 0 Å². The first kappa shape index (κ1) is 20.4. The van der Waals surface area contributed by atoms with Crippen molar-refractivity contribution in [2.24, 2.45) is 0 Å². The molecule has 8 heteroatoms. The number of amides is 2. The Bertz CT molecular complexity index is 1250. The van der Waals surface area contributed by atoms with Crippen molar-refractivity contribution in [3.05, 3.63) is 82.6 Å². The van der Waals surface area contributed by atoms with E-state index in [1.54, 1.807) is 11.1 Å². The second-order valence-corrected chi connectivity index (χ2v) is 8.78. The van der Waals surface area contributed by atoms with E-state index in [-0.39, 0.29) is 11.8 Å². The molecule has 1 aliphatic heterocycles. The minimum atomic E-state index is -0.474. The van der Waals surface area contributed by atoms with Crippen LogP contribution >= 0.6 is 11.3 Å². The van der Waals surface area contributed by atoms with Gasteiger partial charge in [-0.05, 0) is 41.6 Å². The van der Waals surface area contributed by atoms with E-state index in [0.717, 1.165) is 35.3 Å². The number of hydrogen-bond donors (Lipinski definition) is 1. The third-order valence-electron chi connectivity index (χ3n) is 5.76. The number of para-hydroxylation sites is 2. The van der Waals surface area contributed by atoms with E-state index in [4.69, 9.17) is 0 Å². The van der Waals surface area contributed by atoms with Gasteiger partial charge in [-0.3, -0.25) is 14.6 Å². The third-order valence-corrected chi connectivity index (χ3v) is 6.62. The van der Waals surface area contributed by atoms with E-state index in [1.807, 2.05) is 60.2 Å². The molecule has 5 rings (SSSR count). The molecule has 0 fully saturated rings. The Labute approximate surface area is 189 Å². The van der Waals surface area contributed by atoms with Crippen molar-refractivity contribution in [1.82, 2.24) is 24.8 Å². The van der Waals surface area contributed by atoms with E-state index in [0.29, 0.717) is 24.5 Å². The van der Waals surface area contributed by atoms with Gasteiger partial charge in [0.2, 0.25) is 5.91 Å². The second-order valence-electron chi connectivity index (χ2n) is 7.83. The minimum Gasteiger partial charge on any atom is -0.355 e. The predicted molar refractivity (Wildman–Crippen MR) is 123 cm³/mol. The number of imidazole rings is 1. The minimum absolute atomic E-state index is 0.0423. The van der Waals surface area contributed by atoms with Crippen molar-refractivity contribution in [1.29, 1.82) is 0 Å². The van der Waals surface area contributed by atoms with Crippen LogP contribution in [0.3, 0.4) is 0 Å². The fraction of sp³-hybridized carbons (Fsp3) is 0.250. The number of pyridine rings is 1. The Morgan fingerprint density at radius 1 is 1.09 bits per heavy atom. The fourth-order valence-corrected chi connectivity index (χ4v) is 4.86. The zero-order valence-corrected chi connectivity index (χ0v) is 18.3. The summed E-state index contributed by atoms with van der Waals surface area (Å²) >= 11 is 1.42. The zero-order valence-electron chi connectivity index (χ0n) is 17.5. The van der Waals surface area contributed by atoms with Gasteiger partial charge in [-0.25, -0.2) is 4.98 Å². The van der Waals surface area contributed by atoms with Gasteiger partial charge in [0.15, 0.2) is 0 Å². The molecule has 3 aromatic heterocycles. The maximum atomic E-state index is 13.1. The van der Waals surface area contributed by atoms with Crippen LogP contribution in [0, 0.1) is 0 Å². The van der Waals surface area contributed by atoms with E-state index >= 15 is 0 Å². The highest BCUT2D eigenvalue weighted by Crippen LogP contribution is 2.28. The van der Waals surface area contributed by atoms with Gasteiger partial charge < -0.3 is 14.8 Å². The zero-order chi connectivity index (χ0) is 21.9. The third kappa shape index (κ3) is 4.01. The number of carbonyl (C=O) groups excluding carboxylic acids is 2. The number of benzene rings is 1. The van der Waals surface area contributed by atoms with Gasteiger partial charge in [0.05, 0.1) is 33.8 Å². The summed E-state index contributed by atoms with van der Waals surface area (Å²) in [5.74, 6) is -0.610. The number of aromatic nitrogens is 3. The molecule has 1 aromatic carbocycles. The number of nitrogens with one attached hydrogen (secondary N) is 1. The normalized spacial score (nSPS) is 15.5. The van der Waals surface area contributed by atoms with Gasteiger partial charge in [0.25, 0.3) is 5.91 Å². The molecule has 4 aromatic rings. The first-order chi connectivity index (χ1) is 15.7. The van der Waals surface area contributed by atoms with E-state index in [1.165, 1.54) is 11.3 Å². The summed E-state index contributed by atoms with van der Waals surface area (Å²) in [6.45, 7) is 2.11. The van der Waals surface area contributed by atoms with Gasteiger partial charge in [0.1, 0.15) is 0 Å². The van der Waals surface area contributed by atoms with Crippen LogP contribution in [0.15, 0.2) is 66.4 Å². The maximum absolute atomic E-state index is 13.1. The Morgan fingerprint density at radius 3 is 2.88 bits per heavy atom. The average molecular weight is 446 g/mol. The first-order valence-electron chi connectivity index (χ1n) is 10.6. The number of fused-ring (bicyclic) bond motifs is 2. The molecule has 7 nitrogen and oxygen atoms in total. The summed E-state index contributed by atoms with van der Waals surface area (Å²) < 4.78 is 2.10. The highest BCUT2D eigenvalue weighted by atomic mass is 32.1. The van der Waals surface area contributed by atoms with Crippen molar-refractivity contribution >= 4 is 34.2 Å². The lowest BCUT2D eigenvalue weighted by molar-refractivity contribution is -0.123. The summed E-state index contributed by atoms with van der Waals surface area (Å²) in [7, 11) is 0. The molecule has 0 aliphatic carbocycles. The molecular weight excluding hydrogens is 422 g/mol. The van der Waals surface area contributed by atoms with E-state index in [9.17, 15) is 9.59 Å². The van der Waals surface area contributed by atoms with Crippen LogP contribution in [0.5, 0.6) is 0 Å². The predicted octanol–water partition coefficient (Wildman–Crippen LogP) is 3.44. The molecule has 2 amide bonds. The quantitative estimate of drug-likeness (QED) is 0.461. The van der Waals surface area contributed by atoms with E-state index < -0.39 is 5.92 Å². The number of hydrogen-bond acceptors (Lipinski definition) is 5. The van der Waals surface area contributed by atoms with Crippen molar-refractivity contribution < 1.29 is 9.59 Å². The Balaban J connectivity index is 1.24. The van der Waals surface area contributed by atoms with Crippen LogP contribution in [0.2, 0.25) is 0 Å². The molecule has 32 heavy (non-hydrogen) atoms. The lowest BCUT2D eigenvalue weighted by Gasteiger charge is -2.33. The second kappa shape index (κ2) is 8.92. The molecule has 1 aliphatic rings. The molecule has 1 atom stereocenters. The molecule has 1 unspecified atom stereocenters. The SMILES string of the molecule is O=C(NCCCn1cnc2ccccc21)C1CN(C(=O)c2cccs2)Cc2cccnc21. The lowest BCUT2D eigenvalue weighted by Crippen LogP contribution is -2.44. The van der Waals surface area contributed by atoms with Crippen LogP contribution < -0.4 is 5.32 Å². The van der Waals surface area contributed by atoms with Crippen LogP contribution in [0.1, 0.15) is 33.3 Å². The largest absolute Gasteiger partial charge is 0.355 e. The summed E-state index contributed by atoms with van der Waals surface area (Å²) in [5.41, 5.74) is 3.75. The van der Waals surface area contributed by atoms with Gasteiger partial charge >= 0.3 is 0 Å². The van der Waals surface area contributed by atoms with Gasteiger partial charge in [0, 0.05) is 32.4 Å². The molecule has 162 valence electrons. The molecular formula is C24H23N5O2S. The van der Waals surface area contributed by atoms with Crippen LogP contribution in [-0.2, 0) is 17.9 Å². The molecule has 1 N–H and O–H groups in total. The molecule has 0 saturated carbocycles. The lowest BCUT2D eigenvalue weighted by atomic mass is 9.93. The Kier molecular flexibility index (Phi) is 5.68. The number of nitrogens with zero attached hydrogens (tertiary/aromatic N) is 4. The highest BCUT2D eigenvalue weighted by molar-refractivity contribution is 7.12. The maximum Gasteiger partial charge on any atom is 0.264 e. The van der Waals surface area contributed by atoms with Crippen LogP contribution in [0.25, 0.3) is 11.0 Å². The molecule has 0 spiro atoms. The van der Waals surface area contributed by atoms with Crippen LogP contribution in [0.4, 0.5) is 0 Å². The van der Waals surface area contributed by atoms with Crippen LogP contribution in [-0.4, -0.2) is 44.3 Å². The molecule has 0 radical (unpaired) electrons. The number of rotatable bonds is 6. The average Bonchev–Trinajstić information content (AvgIpc) is 3.51. The monoisotopic (exact) mass is 445 g/mol. The van der Waals surface area contributed by atoms with Gasteiger partial charge in [-0.15, -0.1) is 11.3 Å².